The first kappa shape index (κ1) is 20.0. The lowest BCUT2D eigenvalue weighted by molar-refractivity contribution is -0.120. The second-order valence-corrected chi connectivity index (χ2v) is 8.16. The van der Waals surface area contributed by atoms with Gasteiger partial charge in [0.15, 0.2) is 5.13 Å². The molecule has 0 aromatic carbocycles. The highest BCUT2D eigenvalue weighted by Gasteiger charge is 2.24. The van der Waals surface area contributed by atoms with E-state index in [9.17, 15) is 9.59 Å². The van der Waals surface area contributed by atoms with Crippen LogP contribution in [0.2, 0.25) is 0 Å². The third-order valence-corrected chi connectivity index (χ3v) is 6.47. The summed E-state index contributed by atoms with van der Waals surface area (Å²) in [6, 6.07) is 2.31. The van der Waals surface area contributed by atoms with Crippen LogP contribution in [0.3, 0.4) is 0 Å². The maximum Gasteiger partial charge on any atom is 0.228 e. The van der Waals surface area contributed by atoms with Gasteiger partial charge in [-0.05, 0) is 41.9 Å². The van der Waals surface area contributed by atoms with Gasteiger partial charge in [-0.25, -0.2) is 4.98 Å². The molecule has 0 aliphatic carbocycles. The van der Waals surface area contributed by atoms with Gasteiger partial charge >= 0.3 is 0 Å². The molecule has 1 fully saturated rings. The van der Waals surface area contributed by atoms with Crippen molar-refractivity contribution >= 4 is 39.6 Å². The van der Waals surface area contributed by atoms with Crippen molar-refractivity contribution in [1.82, 2.24) is 15.2 Å². The number of thiazole rings is 1. The van der Waals surface area contributed by atoms with E-state index >= 15 is 0 Å². The summed E-state index contributed by atoms with van der Waals surface area (Å²) >= 11 is 3.11. The highest BCUT2D eigenvalue weighted by molar-refractivity contribution is 7.14. The van der Waals surface area contributed by atoms with Gasteiger partial charge in [0.1, 0.15) is 0 Å². The summed E-state index contributed by atoms with van der Waals surface area (Å²) < 4.78 is 0. The standard InChI is InChI=1S/C19H26N4O2S2/c1-3-22(4-2)16(14-7-9-26-12-14)11-20-17(24)10-15-13-27-19(21-15)23-8-5-6-18(23)25/h7,9,12-13,16H,3-6,8,10-11H2,1-2H3,(H,20,24). The minimum atomic E-state index is -0.0352. The Morgan fingerprint density at radius 1 is 1.37 bits per heavy atom. The Kier molecular flexibility index (Phi) is 6.98. The molecule has 0 spiro atoms. The van der Waals surface area contributed by atoms with E-state index in [-0.39, 0.29) is 24.3 Å². The van der Waals surface area contributed by atoms with Crippen LogP contribution in [0.4, 0.5) is 5.13 Å². The van der Waals surface area contributed by atoms with Gasteiger partial charge in [-0.1, -0.05) is 13.8 Å². The van der Waals surface area contributed by atoms with Gasteiger partial charge in [0.2, 0.25) is 11.8 Å². The quantitative estimate of drug-likeness (QED) is 0.695. The van der Waals surface area contributed by atoms with E-state index < -0.39 is 0 Å². The predicted molar refractivity (Wildman–Crippen MR) is 110 cm³/mol. The smallest absolute Gasteiger partial charge is 0.228 e. The predicted octanol–water partition coefficient (Wildman–Crippen LogP) is 3.07. The highest BCUT2D eigenvalue weighted by Crippen LogP contribution is 2.25. The monoisotopic (exact) mass is 406 g/mol. The zero-order valence-electron chi connectivity index (χ0n) is 15.8. The average Bonchev–Trinajstić information content (AvgIpc) is 3.40. The molecule has 1 saturated heterocycles. The molecule has 2 aromatic rings. The number of rotatable bonds is 9. The first-order chi connectivity index (χ1) is 13.1. The molecule has 146 valence electrons. The molecule has 8 heteroatoms. The van der Waals surface area contributed by atoms with Gasteiger partial charge in [-0.15, -0.1) is 11.3 Å². The average molecular weight is 407 g/mol. The summed E-state index contributed by atoms with van der Waals surface area (Å²) in [5.41, 5.74) is 1.97. The fraction of sp³-hybridized carbons (Fsp3) is 0.526. The van der Waals surface area contributed by atoms with Crippen molar-refractivity contribution in [3.8, 4) is 0 Å². The van der Waals surface area contributed by atoms with Crippen LogP contribution in [0, 0.1) is 0 Å². The lowest BCUT2D eigenvalue weighted by Gasteiger charge is -2.29. The first-order valence-electron chi connectivity index (χ1n) is 9.40. The first-order valence-corrected chi connectivity index (χ1v) is 11.2. The van der Waals surface area contributed by atoms with E-state index in [4.69, 9.17) is 0 Å². The summed E-state index contributed by atoms with van der Waals surface area (Å²) in [6.07, 6.45) is 1.71. The molecule has 1 atom stereocenters. The molecule has 1 aliphatic heterocycles. The minimum absolute atomic E-state index is 0.0352. The molecule has 3 heterocycles. The number of thiophene rings is 1. The number of anilines is 1. The van der Waals surface area contributed by atoms with E-state index in [2.05, 4.69) is 45.9 Å². The summed E-state index contributed by atoms with van der Waals surface area (Å²) in [6.45, 7) is 7.46. The van der Waals surface area contributed by atoms with E-state index in [0.717, 1.165) is 31.7 Å². The number of hydrogen-bond acceptors (Lipinski definition) is 6. The SMILES string of the molecule is CCN(CC)C(CNC(=O)Cc1csc(N2CCCC2=O)n1)c1ccsc1. The Morgan fingerprint density at radius 2 is 2.19 bits per heavy atom. The van der Waals surface area contributed by atoms with Crippen molar-refractivity contribution in [1.29, 1.82) is 0 Å². The Balaban J connectivity index is 1.57. The summed E-state index contributed by atoms with van der Waals surface area (Å²) in [5, 5.41) is 9.87. The fourth-order valence-electron chi connectivity index (χ4n) is 3.38. The molecular formula is C19H26N4O2S2. The van der Waals surface area contributed by atoms with Crippen LogP contribution in [0.15, 0.2) is 22.2 Å². The Morgan fingerprint density at radius 3 is 2.81 bits per heavy atom. The fourth-order valence-corrected chi connectivity index (χ4v) is 4.95. The Labute approximate surface area is 168 Å². The van der Waals surface area contributed by atoms with E-state index in [1.54, 1.807) is 16.2 Å². The molecule has 1 aliphatic rings. The van der Waals surface area contributed by atoms with Crippen molar-refractivity contribution in [2.45, 2.75) is 39.2 Å². The van der Waals surface area contributed by atoms with Gasteiger partial charge in [0.05, 0.1) is 18.2 Å². The number of carbonyl (C=O) groups is 2. The second kappa shape index (κ2) is 9.43. The van der Waals surface area contributed by atoms with E-state index in [1.807, 2.05) is 5.38 Å². The summed E-state index contributed by atoms with van der Waals surface area (Å²) in [4.78, 5) is 32.8. The number of hydrogen-bond donors (Lipinski definition) is 1. The molecule has 1 unspecified atom stereocenters. The molecule has 6 nitrogen and oxygen atoms in total. The second-order valence-electron chi connectivity index (χ2n) is 6.54. The van der Waals surface area contributed by atoms with Crippen LogP contribution in [0.5, 0.6) is 0 Å². The number of nitrogens with one attached hydrogen (secondary N) is 1. The van der Waals surface area contributed by atoms with Crippen LogP contribution >= 0.6 is 22.7 Å². The number of amides is 2. The van der Waals surface area contributed by atoms with Gasteiger partial charge in [0.25, 0.3) is 0 Å². The Bertz CT molecular complexity index is 756. The molecule has 3 rings (SSSR count). The van der Waals surface area contributed by atoms with Gasteiger partial charge in [-0.2, -0.15) is 11.3 Å². The Hall–Kier alpha value is -1.77. The van der Waals surface area contributed by atoms with E-state index in [0.29, 0.717) is 18.1 Å². The molecule has 0 saturated carbocycles. The van der Waals surface area contributed by atoms with Crippen LogP contribution in [-0.4, -0.2) is 47.9 Å². The molecule has 0 bridgehead atoms. The van der Waals surface area contributed by atoms with Crippen LogP contribution in [0.1, 0.15) is 44.0 Å². The third kappa shape index (κ3) is 4.94. The lowest BCUT2D eigenvalue weighted by Crippen LogP contribution is -2.38. The summed E-state index contributed by atoms with van der Waals surface area (Å²) in [7, 11) is 0. The van der Waals surface area contributed by atoms with Gasteiger partial charge < -0.3 is 5.32 Å². The molecular weight excluding hydrogens is 380 g/mol. The topological polar surface area (TPSA) is 65.5 Å². The zero-order chi connectivity index (χ0) is 19.2. The van der Waals surface area contributed by atoms with Gasteiger partial charge in [-0.3, -0.25) is 19.4 Å². The van der Waals surface area contributed by atoms with Crippen molar-refractivity contribution in [3.05, 3.63) is 33.5 Å². The molecule has 2 amide bonds. The lowest BCUT2D eigenvalue weighted by atomic mass is 10.1. The van der Waals surface area contributed by atoms with Crippen LogP contribution < -0.4 is 10.2 Å². The van der Waals surface area contributed by atoms with Crippen molar-refractivity contribution in [2.75, 3.05) is 31.1 Å². The number of aromatic nitrogens is 1. The molecule has 27 heavy (non-hydrogen) atoms. The molecule has 1 N–H and O–H groups in total. The third-order valence-electron chi connectivity index (χ3n) is 4.86. The molecule has 0 radical (unpaired) electrons. The van der Waals surface area contributed by atoms with Gasteiger partial charge in [0, 0.05) is 24.9 Å². The van der Waals surface area contributed by atoms with Crippen molar-refractivity contribution < 1.29 is 9.59 Å². The van der Waals surface area contributed by atoms with Crippen LogP contribution in [-0.2, 0) is 16.0 Å². The van der Waals surface area contributed by atoms with E-state index in [1.165, 1.54) is 16.9 Å². The van der Waals surface area contributed by atoms with Crippen LogP contribution in [0.25, 0.3) is 0 Å². The van der Waals surface area contributed by atoms with Crippen molar-refractivity contribution in [3.63, 3.8) is 0 Å². The zero-order valence-corrected chi connectivity index (χ0v) is 17.4. The maximum atomic E-state index is 12.4. The number of carbonyl (C=O) groups excluding carboxylic acids is 2. The normalized spacial score (nSPS) is 15.5. The maximum absolute atomic E-state index is 12.4. The number of nitrogens with zero attached hydrogens (tertiary/aromatic N) is 3. The minimum Gasteiger partial charge on any atom is -0.354 e. The number of likely N-dealkylation sites (N-methyl/N-ethyl adjacent to an activating group) is 1. The highest BCUT2D eigenvalue weighted by atomic mass is 32.1. The molecule has 2 aromatic heterocycles. The largest absolute Gasteiger partial charge is 0.354 e. The van der Waals surface area contributed by atoms with Crippen molar-refractivity contribution in [2.24, 2.45) is 0 Å². The summed E-state index contributed by atoms with van der Waals surface area (Å²) in [5.74, 6) is 0.0881.